The number of nitriles is 1. The first-order chi connectivity index (χ1) is 11.9. The van der Waals surface area contributed by atoms with Gasteiger partial charge < -0.3 is 14.8 Å². The monoisotopic (exact) mass is 338 g/mol. The van der Waals surface area contributed by atoms with Crippen molar-refractivity contribution in [3.63, 3.8) is 0 Å². The summed E-state index contributed by atoms with van der Waals surface area (Å²) in [5.74, 6) is -0.299. The zero-order valence-corrected chi connectivity index (χ0v) is 14.7. The molecular weight excluding hydrogens is 316 g/mol. The van der Waals surface area contributed by atoms with Crippen molar-refractivity contribution >= 4 is 5.91 Å². The number of carbonyl (C=O) groups is 1. The Morgan fingerprint density at radius 1 is 1.12 bits per heavy atom. The maximum absolute atomic E-state index is 12.9. The molecule has 2 aromatic rings. The highest BCUT2D eigenvalue weighted by atomic mass is 16.2. The molecule has 0 fully saturated rings. The number of aromatic amines is 1. The fraction of sp³-hybridized carbons (Fsp3) is 0.316. The molecule has 0 atom stereocenters. The molecule has 0 saturated carbocycles. The van der Waals surface area contributed by atoms with Crippen molar-refractivity contribution in [3.05, 3.63) is 69.1 Å². The Kier molecular flexibility index (Phi) is 6.09. The van der Waals surface area contributed by atoms with Gasteiger partial charge in [-0.25, -0.2) is 0 Å². The number of hydrogen-bond donors (Lipinski definition) is 1. The van der Waals surface area contributed by atoms with Crippen molar-refractivity contribution in [2.24, 2.45) is 0 Å². The van der Waals surface area contributed by atoms with E-state index in [-0.39, 0.29) is 17.0 Å². The van der Waals surface area contributed by atoms with Crippen LogP contribution in [0.3, 0.4) is 0 Å². The Hall–Kier alpha value is -2.91. The molecule has 6 nitrogen and oxygen atoms in total. The number of amides is 1. The Morgan fingerprint density at radius 3 is 2.36 bits per heavy atom. The third-order valence-electron chi connectivity index (χ3n) is 3.85. The maximum Gasteiger partial charge on any atom is 0.260 e. The molecule has 0 radical (unpaired) electrons. The number of aromatic nitrogens is 1. The zero-order valence-electron chi connectivity index (χ0n) is 14.7. The lowest BCUT2D eigenvalue weighted by Gasteiger charge is -2.24. The third-order valence-corrected chi connectivity index (χ3v) is 3.85. The summed E-state index contributed by atoms with van der Waals surface area (Å²) in [5.41, 5.74) is 1.96. The van der Waals surface area contributed by atoms with Crippen LogP contribution in [0.1, 0.15) is 27.2 Å². The Balaban J connectivity index is 2.26. The number of likely N-dealkylation sites (N-methyl/N-ethyl adjacent to an activating group) is 1. The first-order valence-corrected chi connectivity index (χ1v) is 8.03. The van der Waals surface area contributed by atoms with Crippen molar-refractivity contribution in [2.75, 3.05) is 27.2 Å². The molecule has 0 aliphatic rings. The Bertz CT molecular complexity index is 832. The summed E-state index contributed by atoms with van der Waals surface area (Å²) in [6, 6.07) is 12.5. The van der Waals surface area contributed by atoms with Crippen LogP contribution >= 0.6 is 0 Å². The lowest BCUT2D eigenvalue weighted by atomic mass is 10.1. The standard InChI is InChI=1S/C19H22N4O2/c1-14-4-9-17(18(24)21-14)19(25)23(11-10-22(2)3)13-16-7-5-15(12-20)6-8-16/h4-9H,10-11,13H2,1-3H3,(H,21,24). The molecule has 1 aromatic heterocycles. The predicted octanol–water partition coefficient (Wildman–Crippen LogP) is 1.76. The summed E-state index contributed by atoms with van der Waals surface area (Å²) in [6.45, 7) is 3.34. The van der Waals surface area contributed by atoms with E-state index < -0.39 is 0 Å². The smallest absolute Gasteiger partial charge is 0.260 e. The molecule has 6 heteroatoms. The molecule has 0 aliphatic heterocycles. The number of benzene rings is 1. The van der Waals surface area contributed by atoms with Crippen LogP contribution in [0.4, 0.5) is 0 Å². The molecule has 0 saturated heterocycles. The number of pyridine rings is 1. The highest BCUT2D eigenvalue weighted by Crippen LogP contribution is 2.10. The van der Waals surface area contributed by atoms with Gasteiger partial charge in [-0.15, -0.1) is 0 Å². The van der Waals surface area contributed by atoms with Gasteiger partial charge in [0.2, 0.25) is 0 Å². The van der Waals surface area contributed by atoms with Gasteiger partial charge in [-0.3, -0.25) is 9.59 Å². The zero-order chi connectivity index (χ0) is 18.4. The van der Waals surface area contributed by atoms with Crippen LogP contribution in [-0.2, 0) is 6.54 Å². The van der Waals surface area contributed by atoms with Gasteiger partial charge >= 0.3 is 0 Å². The van der Waals surface area contributed by atoms with Crippen LogP contribution < -0.4 is 5.56 Å². The van der Waals surface area contributed by atoms with Crippen molar-refractivity contribution in [3.8, 4) is 6.07 Å². The predicted molar refractivity (Wildman–Crippen MR) is 96.3 cm³/mol. The van der Waals surface area contributed by atoms with E-state index in [1.54, 1.807) is 36.1 Å². The van der Waals surface area contributed by atoms with Crippen LogP contribution in [0.25, 0.3) is 0 Å². The second-order valence-electron chi connectivity index (χ2n) is 6.22. The normalized spacial score (nSPS) is 10.5. The molecule has 25 heavy (non-hydrogen) atoms. The van der Waals surface area contributed by atoms with Gasteiger partial charge in [-0.2, -0.15) is 5.26 Å². The van der Waals surface area contributed by atoms with Crippen LogP contribution in [-0.4, -0.2) is 47.9 Å². The minimum absolute atomic E-state index is 0.137. The number of rotatable bonds is 6. The lowest BCUT2D eigenvalue weighted by molar-refractivity contribution is 0.0730. The highest BCUT2D eigenvalue weighted by molar-refractivity contribution is 5.93. The molecule has 0 spiro atoms. The summed E-state index contributed by atoms with van der Waals surface area (Å²) in [5, 5.41) is 8.89. The number of H-pyrrole nitrogens is 1. The first kappa shape index (κ1) is 18.4. The Labute approximate surface area is 147 Å². The highest BCUT2D eigenvalue weighted by Gasteiger charge is 2.19. The Morgan fingerprint density at radius 2 is 1.80 bits per heavy atom. The van der Waals surface area contributed by atoms with Gasteiger partial charge in [0.15, 0.2) is 0 Å². The van der Waals surface area contributed by atoms with Crippen molar-refractivity contribution in [1.82, 2.24) is 14.8 Å². The fourth-order valence-corrected chi connectivity index (χ4v) is 2.39. The van der Waals surface area contributed by atoms with E-state index in [1.807, 2.05) is 31.1 Å². The number of aryl methyl sites for hydroxylation is 1. The summed E-state index contributed by atoms with van der Waals surface area (Å²) in [6.07, 6.45) is 0. The average Bonchev–Trinajstić information content (AvgIpc) is 2.58. The van der Waals surface area contributed by atoms with Crippen LogP contribution in [0.2, 0.25) is 0 Å². The van der Waals surface area contributed by atoms with Crippen molar-refractivity contribution in [2.45, 2.75) is 13.5 Å². The second-order valence-corrected chi connectivity index (χ2v) is 6.22. The summed E-state index contributed by atoms with van der Waals surface area (Å²) in [7, 11) is 3.87. The largest absolute Gasteiger partial charge is 0.333 e. The molecular formula is C19H22N4O2. The van der Waals surface area contributed by atoms with E-state index in [0.717, 1.165) is 5.56 Å². The van der Waals surface area contributed by atoms with Crippen LogP contribution in [0.15, 0.2) is 41.2 Å². The number of nitrogens with one attached hydrogen (secondary N) is 1. The third kappa shape index (κ3) is 5.03. The van der Waals surface area contributed by atoms with Crippen LogP contribution in [0, 0.1) is 18.3 Å². The van der Waals surface area contributed by atoms with E-state index in [1.165, 1.54) is 0 Å². The van der Waals surface area contributed by atoms with Gasteiger partial charge in [0.1, 0.15) is 5.56 Å². The van der Waals surface area contributed by atoms with Gasteiger partial charge in [0.05, 0.1) is 11.6 Å². The first-order valence-electron chi connectivity index (χ1n) is 8.03. The lowest BCUT2D eigenvalue weighted by Crippen LogP contribution is -2.38. The van der Waals surface area contributed by atoms with Gasteiger partial charge in [0, 0.05) is 25.3 Å². The van der Waals surface area contributed by atoms with Crippen LogP contribution in [0.5, 0.6) is 0 Å². The summed E-state index contributed by atoms with van der Waals surface area (Å²) in [4.78, 5) is 31.3. The molecule has 2 rings (SSSR count). The minimum atomic E-state index is -0.375. The maximum atomic E-state index is 12.9. The molecule has 0 aliphatic carbocycles. The van der Waals surface area contributed by atoms with E-state index in [4.69, 9.17) is 5.26 Å². The minimum Gasteiger partial charge on any atom is -0.333 e. The number of carbonyl (C=O) groups excluding carboxylic acids is 1. The summed E-state index contributed by atoms with van der Waals surface area (Å²) < 4.78 is 0. The van der Waals surface area contributed by atoms with E-state index in [2.05, 4.69) is 11.1 Å². The SMILES string of the molecule is Cc1ccc(C(=O)N(CCN(C)C)Cc2ccc(C#N)cc2)c(=O)[nH]1. The molecule has 1 amide bonds. The average molecular weight is 338 g/mol. The molecule has 1 N–H and O–H groups in total. The van der Waals surface area contributed by atoms with Crippen molar-refractivity contribution in [1.29, 1.82) is 5.26 Å². The molecule has 130 valence electrons. The summed E-state index contributed by atoms with van der Waals surface area (Å²) >= 11 is 0. The van der Waals surface area contributed by atoms with Gasteiger partial charge in [-0.1, -0.05) is 12.1 Å². The molecule has 1 aromatic carbocycles. The fourth-order valence-electron chi connectivity index (χ4n) is 2.39. The molecule has 0 bridgehead atoms. The molecule has 0 unspecified atom stereocenters. The number of nitrogens with zero attached hydrogens (tertiary/aromatic N) is 3. The molecule has 1 heterocycles. The number of hydrogen-bond acceptors (Lipinski definition) is 4. The van der Waals surface area contributed by atoms with Gasteiger partial charge in [0.25, 0.3) is 11.5 Å². The van der Waals surface area contributed by atoms with E-state index >= 15 is 0 Å². The second kappa shape index (κ2) is 8.27. The quantitative estimate of drug-likeness (QED) is 0.870. The topological polar surface area (TPSA) is 80.2 Å². The van der Waals surface area contributed by atoms with E-state index in [0.29, 0.717) is 30.9 Å². The van der Waals surface area contributed by atoms with Crippen molar-refractivity contribution < 1.29 is 4.79 Å². The van der Waals surface area contributed by atoms with Gasteiger partial charge in [-0.05, 0) is 50.8 Å². The van der Waals surface area contributed by atoms with E-state index in [9.17, 15) is 9.59 Å².